The third-order valence-corrected chi connectivity index (χ3v) is 7.40. The van der Waals surface area contributed by atoms with Crippen LogP contribution in [-0.2, 0) is 14.8 Å². The van der Waals surface area contributed by atoms with E-state index in [2.05, 4.69) is 0 Å². The Morgan fingerprint density at radius 1 is 0.903 bits per heavy atom. The van der Waals surface area contributed by atoms with Crippen molar-refractivity contribution >= 4 is 26.8 Å². The third-order valence-electron chi connectivity index (χ3n) is 5.51. The number of hydrogen-bond acceptors (Lipinski definition) is 5. The van der Waals surface area contributed by atoms with Gasteiger partial charge in [0, 0.05) is 26.2 Å². The first-order chi connectivity index (χ1) is 14.9. The van der Waals surface area contributed by atoms with Crippen LogP contribution < -0.4 is 4.74 Å². The summed E-state index contributed by atoms with van der Waals surface area (Å²) in [5.74, 6) is -0.381. The lowest BCUT2D eigenvalue weighted by atomic mass is 10.1. The second kappa shape index (κ2) is 9.05. The standard InChI is InChI=1S/C23H24N2O5S/c26-23(27)22(17-30-20-8-2-1-3-9-20)24-12-14-25(15-13-24)31(28,29)21-11-10-18-6-4-5-7-19(18)16-21/h1-11,16,22H,12-15,17H2,(H,26,27). The third kappa shape index (κ3) is 4.71. The average Bonchev–Trinajstić information content (AvgIpc) is 2.79. The second-order valence-corrected chi connectivity index (χ2v) is 9.37. The van der Waals surface area contributed by atoms with E-state index in [9.17, 15) is 18.3 Å². The van der Waals surface area contributed by atoms with Gasteiger partial charge >= 0.3 is 5.97 Å². The summed E-state index contributed by atoms with van der Waals surface area (Å²) in [5, 5.41) is 11.5. The summed E-state index contributed by atoms with van der Waals surface area (Å²) >= 11 is 0. The molecule has 1 atom stereocenters. The Labute approximate surface area is 181 Å². The lowest BCUT2D eigenvalue weighted by Crippen LogP contribution is -2.55. The quantitative estimate of drug-likeness (QED) is 0.608. The molecule has 1 heterocycles. The number of ether oxygens (including phenoxy) is 1. The maximum absolute atomic E-state index is 13.1. The maximum atomic E-state index is 13.1. The van der Waals surface area contributed by atoms with Crippen LogP contribution in [0, 0.1) is 0 Å². The van der Waals surface area contributed by atoms with Gasteiger partial charge in [0.25, 0.3) is 0 Å². The molecule has 0 amide bonds. The summed E-state index contributed by atoms with van der Waals surface area (Å²) in [6, 6.07) is 20.9. The van der Waals surface area contributed by atoms with Gasteiger partial charge in [0.1, 0.15) is 18.4 Å². The van der Waals surface area contributed by atoms with Crippen molar-refractivity contribution in [2.75, 3.05) is 32.8 Å². The monoisotopic (exact) mass is 440 g/mol. The van der Waals surface area contributed by atoms with Gasteiger partial charge in [-0.3, -0.25) is 9.69 Å². The number of aliphatic carboxylic acids is 1. The van der Waals surface area contributed by atoms with Gasteiger partial charge in [0.2, 0.25) is 10.0 Å². The molecule has 8 heteroatoms. The fourth-order valence-electron chi connectivity index (χ4n) is 3.76. The number of nitrogens with zero attached hydrogens (tertiary/aromatic N) is 2. The van der Waals surface area contributed by atoms with Crippen LogP contribution in [0.1, 0.15) is 0 Å². The molecule has 4 rings (SSSR count). The molecule has 1 saturated heterocycles. The number of benzene rings is 3. The number of rotatable bonds is 7. The Morgan fingerprint density at radius 2 is 1.55 bits per heavy atom. The molecular formula is C23H24N2O5S. The van der Waals surface area contributed by atoms with Crippen LogP contribution in [0.25, 0.3) is 10.8 Å². The summed E-state index contributed by atoms with van der Waals surface area (Å²) in [7, 11) is -3.65. The van der Waals surface area contributed by atoms with E-state index in [4.69, 9.17) is 4.74 Å². The van der Waals surface area contributed by atoms with E-state index in [0.717, 1.165) is 10.8 Å². The molecule has 0 spiro atoms. The van der Waals surface area contributed by atoms with Crippen LogP contribution >= 0.6 is 0 Å². The zero-order valence-corrected chi connectivity index (χ0v) is 17.7. The van der Waals surface area contributed by atoms with Gasteiger partial charge in [-0.25, -0.2) is 8.42 Å². The summed E-state index contributed by atoms with van der Waals surface area (Å²) in [5.41, 5.74) is 0. The Morgan fingerprint density at radius 3 is 2.23 bits per heavy atom. The Kier molecular flexibility index (Phi) is 6.22. The second-order valence-electron chi connectivity index (χ2n) is 7.43. The molecule has 162 valence electrons. The van der Waals surface area contributed by atoms with Crippen LogP contribution in [0.2, 0.25) is 0 Å². The number of sulfonamides is 1. The minimum atomic E-state index is -3.65. The Balaban J connectivity index is 1.42. The van der Waals surface area contributed by atoms with Gasteiger partial charge in [-0.1, -0.05) is 48.5 Å². The fourth-order valence-corrected chi connectivity index (χ4v) is 5.22. The number of fused-ring (bicyclic) bond motifs is 1. The molecule has 0 aromatic heterocycles. The van der Waals surface area contributed by atoms with Gasteiger partial charge in [0.05, 0.1) is 4.90 Å². The highest BCUT2D eigenvalue weighted by molar-refractivity contribution is 7.89. The van der Waals surface area contributed by atoms with Crippen LogP contribution in [-0.4, -0.2) is 67.5 Å². The molecule has 1 fully saturated rings. The zero-order chi connectivity index (χ0) is 21.8. The summed E-state index contributed by atoms with van der Waals surface area (Å²) in [4.78, 5) is 13.8. The number of carboxylic acid groups (broad SMARTS) is 1. The lowest BCUT2D eigenvalue weighted by molar-refractivity contribution is -0.145. The van der Waals surface area contributed by atoms with E-state index < -0.39 is 22.0 Å². The van der Waals surface area contributed by atoms with E-state index in [1.165, 1.54) is 4.31 Å². The first-order valence-electron chi connectivity index (χ1n) is 10.1. The van der Waals surface area contributed by atoms with E-state index in [1.807, 2.05) is 42.5 Å². The number of para-hydroxylation sites is 1. The summed E-state index contributed by atoms with van der Waals surface area (Å²) < 4.78 is 33.3. The molecule has 1 aliphatic heterocycles. The van der Waals surface area contributed by atoms with Crippen molar-refractivity contribution in [1.82, 2.24) is 9.21 Å². The van der Waals surface area contributed by atoms with E-state index in [0.29, 0.717) is 18.8 Å². The highest BCUT2D eigenvalue weighted by Crippen LogP contribution is 2.23. The predicted molar refractivity (Wildman–Crippen MR) is 118 cm³/mol. The predicted octanol–water partition coefficient (Wildman–Crippen LogP) is 2.68. The topological polar surface area (TPSA) is 87.2 Å². The van der Waals surface area contributed by atoms with Crippen molar-refractivity contribution in [2.24, 2.45) is 0 Å². The van der Waals surface area contributed by atoms with Gasteiger partial charge < -0.3 is 9.84 Å². The van der Waals surface area contributed by atoms with Gasteiger partial charge in [0.15, 0.2) is 0 Å². The molecule has 7 nitrogen and oxygen atoms in total. The van der Waals surface area contributed by atoms with E-state index >= 15 is 0 Å². The average molecular weight is 441 g/mol. The highest BCUT2D eigenvalue weighted by atomic mass is 32.2. The first-order valence-corrected chi connectivity index (χ1v) is 11.5. The molecule has 0 bridgehead atoms. The Hall–Kier alpha value is -2.94. The largest absolute Gasteiger partial charge is 0.491 e. The number of hydrogen-bond donors (Lipinski definition) is 1. The maximum Gasteiger partial charge on any atom is 0.324 e. The fraction of sp³-hybridized carbons (Fsp3) is 0.261. The molecule has 0 aliphatic carbocycles. The van der Waals surface area contributed by atoms with E-state index in [-0.39, 0.29) is 24.6 Å². The summed E-state index contributed by atoms with van der Waals surface area (Å²) in [6.45, 7) is 1.09. The van der Waals surface area contributed by atoms with Crippen molar-refractivity contribution in [3.8, 4) is 5.75 Å². The van der Waals surface area contributed by atoms with Gasteiger partial charge in [-0.2, -0.15) is 4.31 Å². The normalized spacial score (nSPS) is 16.8. The van der Waals surface area contributed by atoms with Crippen molar-refractivity contribution < 1.29 is 23.1 Å². The lowest BCUT2D eigenvalue weighted by Gasteiger charge is -2.36. The molecule has 1 unspecified atom stereocenters. The highest BCUT2D eigenvalue weighted by Gasteiger charge is 2.34. The zero-order valence-electron chi connectivity index (χ0n) is 16.9. The van der Waals surface area contributed by atoms with Gasteiger partial charge in [-0.15, -0.1) is 0 Å². The minimum Gasteiger partial charge on any atom is -0.491 e. The van der Waals surface area contributed by atoms with Crippen molar-refractivity contribution in [3.05, 3.63) is 72.8 Å². The van der Waals surface area contributed by atoms with Crippen LogP contribution in [0.3, 0.4) is 0 Å². The number of carbonyl (C=O) groups is 1. The van der Waals surface area contributed by atoms with E-state index in [1.54, 1.807) is 35.2 Å². The Bertz CT molecular complexity index is 1160. The molecule has 1 N–H and O–H groups in total. The van der Waals surface area contributed by atoms with Crippen molar-refractivity contribution in [2.45, 2.75) is 10.9 Å². The first kappa shape index (κ1) is 21.3. The van der Waals surface area contributed by atoms with Crippen LogP contribution in [0.5, 0.6) is 5.75 Å². The molecule has 3 aromatic carbocycles. The molecule has 3 aromatic rings. The van der Waals surface area contributed by atoms with Crippen molar-refractivity contribution in [3.63, 3.8) is 0 Å². The van der Waals surface area contributed by atoms with Crippen LogP contribution in [0.15, 0.2) is 77.7 Å². The summed E-state index contributed by atoms with van der Waals surface area (Å²) in [6.07, 6.45) is 0. The van der Waals surface area contributed by atoms with Crippen molar-refractivity contribution in [1.29, 1.82) is 0 Å². The number of piperazine rings is 1. The smallest absolute Gasteiger partial charge is 0.324 e. The molecular weight excluding hydrogens is 416 g/mol. The van der Waals surface area contributed by atoms with Crippen LogP contribution in [0.4, 0.5) is 0 Å². The molecule has 0 radical (unpaired) electrons. The number of carboxylic acids is 1. The molecule has 31 heavy (non-hydrogen) atoms. The van der Waals surface area contributed by atoms with Gasteiger partial charge in [-0.05, 0) is 35.0 Å². The molecule has 0 saturated carbocycles. The minimum absolute atomic E-state index is 0.00320. The SMILES string of the molecule is O=C(O)C(COc1ccccc1)N1CCN(S(=O)(=O)c2ccc3ccccc3c2)CC1. The molecule has 1 aliphatic rings.